The number of thiazole rings is 1. The first kappa shape index (κ1) is 21.5. The molecular weight excluding hydrogens is 466 g/mol. The molecule has 162 valence electrons. The van der Waals surface area contributed by atoms with Gasteiger partial charge >= 0.3 is 0 Å². The van der Waals surface area contributed by atoms with Gasteiger partial charge in [0, 0.05) is 24.2 Å². The molecule has 0 aliphatic carbocycles. The van der Waals surface area contributed by atoms with Crippen LogP contribution in [0.5, 0.6) is 0 Å². The number of nitrogens with zero attached hydrogens (tertiary/aromatic N) is 5. The standard InChI is InChI=1S/C16H15N7O5S3/c1-31(26,27)14(15-22-21-13(28-15)7-19-23-30(24)25)16-20-11-4-9(2-3-12(11)29-16)10-5-17-8-18-6-10/h2-6,8,14,19,23H,7H2,1H3,(H,24,25). The van der Waals surface area contributed by atoms with Gasteiger partial charge in [-0.1, -0.05) is 6.07 Å². The van der Waals surface area contributed by atoms with E-state index >= 15 is 0 Å². The summed E-state index contributed by atoms with van der Waals surface area (Å²) in [5.41, 5.74) is 4.68. The summed E-state index contributed by atoms with van der Waals surface area (Å²) in [6.45, 7) is -0.0852. The smallest absolute Gasteiger partial charge is 0.245 e. The summed E-state index contributed by atoms with van der Waals surface area (Å²) < 4.78 is 50.6. The minimum absolute atomic E-state index is 0.0362. The van der Waals surface area contributed by atoms with Crippen molar-refractivity contribution in [2.24, 2.45) is 0 Å². The highest BCUT2D eigenvalue weighted by Gasteiger charge is 2.33. The molecule has 2 atom stereocenters. The molecule has 0 bridgehead atoms. The summed E-state index contributed by atoms with van der Waals surface area (Å²) in [4.78, 5) is 14.6. The van der Waals surface area contributed by atoms with Crippen LogP contribution in [0.25, 0.3) is 21.3 Å². The highest BCUT2D eigenvalue weighted by atomic mass is 32.2. The van der Waals surface area contributed by atoms with E-state index in [0.717, 1.165) is 22.1 Å². The van der Waals surface area contributed by atoms with Gasteiger partial charge in [-0.05, 0) is 17.7 Å². The van der Waals surface area contributed by atoms with Gasteiger partial charge in [0.05, 0.1) is 16.8 Å². The van der Waals surface area contributed by atoms with Gasteiger partial charge in [-0.2, -0.15) is 4.83 Å². The molecule has 15 heteroatoms. The lowest BCUT2D eigenvalue weighted by molar-refractivity contribution is 0.426. The number of hydrazine groups is 1. The Kier molecular flexibility index (Phi) is 6.12. The van der Waals surface area contributed by atoms with E-state index in [4.69, 9.17) is 8.97 Å². The molecule has 0 aliphatic rings. The average Bonchev–Trinajstić information content (AvgIpc) is 3.34. The molecule has 2 unspecified atom stereocenters. The largest absolute Gasteiger partial charge is 0.422 e. The van der Waals surface area contributed by atoms with E-state index in [-0.39, 0.29) is 23.3 Å². The summed E-state index contributed by atoms with van der Waals surface area (Å²) in [6.07, 6.45) is 5.86. The Labute approximate surface area is 182 Å². The lowest BCUT2D eigenvalue weighted by atomic mass is 10.1. The monoisotopic (exact) mass is 481 g/mol. The predicted octanol–water partition coefficient (Wildman–Crippen LogP) is 1.00. The van der Waals surface area contributed by atoms with Crippen molar-refractivity contribution in [1.82, 2.24) is 35.4 Å². The molecule has 0 fully saturated rings. The Hall–Kier alpha value is -2.69. The van der Waals surface area contributed by atoms with E-state index in [0.29, 0.717) is 5.52 Å². The quantitative estimate of drug-likeness (QED) is 0.242. The van der Waals surface area contributed by atoms with Crippen LogP contribution in [0.2, 0.25) is 0 Å². The fourth-order valence-corrected chi connectivity index (χ4v) is 5.44. The molecular formula is C16H15N7O5S3. The molecule has 0 saturated heterocycles. The highest BCUT2D eigenvalue weighted by molar-refractivity contribution is 7.91. The molecule has 3 N–H and O–H groups in total. The van der Waals surface area contributed by atoms with Crippen molar-refractivity contribution in [3.05, 3.63) is 53.7 Å². The zero-order chi connectivity index (χ0) is 22.0. The van der Waals surface area contributed by atoms with E-state index in [2.05, 4.69) is 30.6 Å². The molecule has 1 aromatic carbocycles. The van der Waals surface area contributed by atoms with Crippen LogP contribution in [0.3, 0.4) is 0 Å². The Morgan fingerprint density at radius 3 is 2.71 bits per heavy atom. The van der Waals surface area contributed by atoms with Gasteiger partial charge in [-0.15, -0.1) is 21.5 Å². The molecule has 0 radical (unpaired) electrons. The maximum atomic E-state index is 12.5. The molecule has 31 heavy (non-hydrogen) atoms. The van der Waals surface area contributed by atoms with Crippen molar-refractivity contribution in [2.45, 2.75) is 11.8 Å². The number of fused-ring (bicyclic) bond motifs is 1. The van der Waals surface area contributed by atoms with Gasteiger partial charge in [0.25, 0.3) is 0 Å². The second-order valence-corrected chi connectivity index (χ2v) is 10.2. The molecule has 3 heterocycles. The fraction of sp³-hybridized carbons (Fsp3) is 0.188. The zero-order valence-electron chi connectivity index (χ0n) is 15.8. The van der Waals surface area contributed by atoms with Crippen molar-refractivity contribution >= 4 is 42.7 Å². The Balaban J connectivity index is 1.67. The summed E-state index contributed by atoms with van der Waals surface area (Å²) in [5, 5.41) is 6.67. The van der Waals surface area contributed by atoms with Crippen molar-refractivity contribution in [3.63, 3.8) is 0 Å². The van der Waals surface area contributed by atoms with Crippen LogP contribution in [-0.2, 0) is 27.6 Å². The van der Waals surface area contributed by atoms with Crippen LogP contribution in [0.15, 0.2) is 41.3 Å². The van der Waals surface area contributed by atoms with Gasteiger partial charge in [-0.3, -0.25) is 4.55 Å². The topological polar surface area (TPSA) is 173 Å². The Bertz CT molecular complexity index is 1340. The lowest BCUT2D eigenvalue weighted by Crippen LogP contribution is -2.32. The van der Waals surface area contributed by atoms with Crippen LogP contribution in [0, 0.1) is 0 Å². The van der Waals surface area contributed by atoms with E-state index < -0.39 is 26.4 Å². The normalized spacial score (nSPS) is 14.0. The van der Waals surface area contributed by atoms with Crippen LogP contribution < -0.4 is 10.3 Å². The number of hydrogen-bond donors (Lipinski definition) is 3. The highest BCUT2D eigenvalue weighted by Crippen LogP contribution is 2.36. The Morgan fingerprint density at radius 1 is 1.23 bits per heavy atom. The minimum Gasteiger partial charge on any atom is -0.422 e. The third-order valence-electron chi connectivity index (χ3n) is 4.06. The van der Waals surface area contributed by atoms with Gasteiger partial charge in [-0.25, -0.2) is 33.0 Å². The molecule has 4 aromatic rings. The zero-order valence-corrected chi connectivity index (χ0v) is 18.2. The predicted molar refractivity (Wildman–Crippen MR) is 112 cm³/mol. The molecule has 0 saturated carbocycles. The molecule has 4 rings (SSSR count). The van der Waals surface area contributed by atoms with Crippen molar-refractivity contribution in [1.29, 1.82) is 0 Å². The number of benzene rings is 1. The van der Waals surface area contributed by atoms with E-state index in [1.54, 1.807) is 12.4 Å². The first-order chi connectivity index (χ1) is 14.8. The van der Waals surface area contributed by atoms with Crippen molar-refractivity contribution < 1.29 is 21.6 Å². The van der Waals surface area contributed by atoms with Crippen LogP contribution in [0.4, 0.5) is 0 Å². The number of aromatic nitrogens is 5. The van der Waals surface area contributed by atoms with Gasteiger partial charge in [0.2, 0.25) is 23.0 Å². The summed E-state index contributed by atoms with van der Waals surface area (Å²) in [5.74, 6) is -0.103. The summed E-state index contributed by atoms with van der Waals surface area (Å²) >= 11 is -1.06. The molecule has 0 spiro atoms. The molecule has 0 amide bonds. The average molecular weight is 482 g/mol. The number of rotatable bonds is 8. The lowest BCUT2D eigenvalue weighted by Gasteiger charge is -2.07. The van der Waals surface area contributed by atoms with Crippen LogP contribution in [0.1, 0.15) is 22.0 Å². The van der Waals surface area contributed by atoms with Crippen molar-refractivity contribution in [3.8, 4) is 11.1 Å². The first-order valence-electron chi connectivity index (χ1n) is 8.57. The second kappa shape index (κ2) is 8.81. The third-order valence-corrected chi connectivity index (χ3v) is 6.91. The van der Waals surface area contributed by atoms with E-state index in [1.807, 2.05) is 23.0 Å². The van der Waals surface area contributed by atoms with Crippen LogP contribution >= 0.6 is 11.3 Å². The van der Waals surface area contributed by atoms with E-state index in [9.17, 15) is 12.6 Å². The second-order valence-electron chi connectivity index (χ2n) is 6.31. The molecule has 0 aliphatic heterocycles. The SMILES string of the molecule is CS(=O)(=O)C(c1nnc(CNNS(=O)O)o1)c1nc2cc(-c3cncnc3)ccc2s1. The van der Waals surface area contributed by atoms with Crippen molar-refractivity contribution in [2.75, 3.05) is 6.26 Å². The van der Waals surface area contributed by atoms with E-state index in [1.165, 1.54) is 17.7 Å². The maximum Gasteiger partial charge on any atom is 0.245 e. The van der Waals surface area contributed by atoms with Gasteiger partial charge < -0.3 is 4.42 Å². The van der Waals surface area contributed by atoms with Crippen LogP contribution in [-0.4, -0.2) is 48.6 Å². The molecule has 12 nitrogen and oxygen atoms in total. The third kappa shape index (κ3) is 4.97. The number of sulfone groups is 1. The number of nitrogens with one attached hydrogen (secondary N) is 2. The van der Waals surface area contributed by atoms with Gasteiger partial charge in [0.1, 0.15) is 11.3 Å². The number of hydrogen-bond acceptors (Lipinski definition) is 11. The first-order valence-corrected chi connectivity index (χ1v) is 12.5. The minimum atomic E-state index is -3.69. The summed E-state index contributed by atoms with van der Waals surface area (Å²) in [6, 6.07) is 5.56. The fourth-order valence-electron chi connectivity index (χ4n) is 2.77. The Morgan fingerprint density at radius 2 is 2.00 bits per heavy atom. The summed E-state index contributed by atoms with van der Waals surface area (Å²) in [7, 11) is -3.69. The molecule has 3 aromatic heterocycles. The van der Waals surface area contributed by atoms with Gasteiger partial charge in [0.15, 0.2) is 15.1 Å². The maximum absolute atomic E-state index is 12.5.